The van der Waals surface area contributed by atoms with Crippen molar-refractivity contribution in [3.8, 4) is 0 Å². The monoisotopic (exact) mass is 609 g/mol. The van der Waals surface area contributed by atoms with Crippen molar-refractivity contribution in [1.82, 2.24) is 0 Å². The van der Waals surface area contributed by atoms with Gasteiger partial charge in [-0.2, -0.15) is 0 Å². The molecule has 0 heterocycles. The van der Waals surface area contributed by atoms with Crippen LogP contribution in [0, 0.1) is 17.8 Å². The summed E-state index contributed by atoms with van der Waals surface area (Å²) in [6.07, 6.45) is 26.9. The minimum Gasteiger partial charge on any atom is -0.550 e. The number of hydrogen-bond donors (Lipinski definition) is 2. The Morgan fingerprint density at radius 1 is 0.558 bits per heavy atom. The average molecular weight is 610 g/mol. The van der Waals surface area contributed by atoms with Gasteiger partial charge >= 0.3 is 11.9 Å². The summed E-state index contributed by atoms with van der Waals surface area (Å²) >= 11 is 0. The van der Waals surface area contributed by atoms with E-state index in [0.29, 0.717) is 25.8 Å². The lowest BCUT2D eigenvalue weighted by Crippen LogP contribution is -2.59. The Bertz CT molecular complexity index is 692. The molecule has 0 fully saturated rings. The number of carbonyl (C=O) groups excluding carboxylic acids is 1. The van der Waals surface area contributed by atoms with E-state index in [0.717, 1.165) is 25.7 Å². The molecular formula is C36H67NO6. The molecule has 0 aromatic heterocycles. The maximum Gasteiger partial charge on any atom is 0.312 e. The summed E-state index contributed by atoms with van der Waals surface area (Å²) in [6, 6.07) is 0. The molecule has 7 heteroatoms. The molecule has 0 aliphatic heterocycles. The van der Waals surface area contributed by atoms with Crippen molar-refractivity contribution in [2.24, 2.45) is 17.8 Å². The minimum absolute atomic E-state index is 0.217. The third-order valence-corrected chi connectivity index (χ3v) is 9.23. The Morgan fingerprint density at radius 2 is 0.907 bits per heavy atom. The molecule has 0 aliphatic carbocycles. The smallest absolute Gasteiger partial charge is 0.312 e. The molecule has 3 atom stereocenters. The zero-order valence-corrected chi connectivity index (χ0v) is 28.3. The number of allylic oxidation sites excluding steroid dienone is 2. The van der Waals surface area contributed by atoms with Crippen molar-refractivity contribution >= 4 is 17.9 Å². The quantitative estimate of drug-likeness (QED) is 0.0467. The van der Waals surface area contributed by atoms with Crippen LogP contribution in [-0.2, 0) is 14.4 Å². The molecule has 0 saturated carbocycles. The summed E-state index contributed by atoms with van der Waals surface area (Å²) in [5.74, 6) is -4.95. The van der Waals surface area contributed by atoms with Gasteiger partial charge in [0.15, 0.2) is 0 Å². The second-order valence-electron chi connectivity index (χ2n) is 12.9. The number of carboxylic acids is 3. The molecule has 0 spiro atoms. The highest BCUT2D eigenvalue weighted by Gasteiger charge is 2.39. The number of quaternary nitrogens is 1. The van der Waals surface area contributed by atoms with Gasteiger partial charge in [-0.15, -0.1) is 0 Å². The lowest BCUT2D eigenvalue weighted by molar-refractivity contribution is -0.935. The van der Waals surface area contributed by atoms with Crippen LogP contribution < -0.4 is 5.11 Å². The molecule has 0 saturated heterocycles. The highest BCUT2D eigenvalue weighted by Crippen LogP contribution is 2.25. The first kappa shape index (κ1) is 41.1. The molecule has 3 unspecified atom stereocenters. The number of unbranched alkanes of at least 4 members (excludes halogenated alkanes) is 15. The summed E-state index contributed by atoms with van der Waals surface area (Å²) in [5, 5.41) is 31.5. The van der Waals surface area contributed by atoms with Gasteiger partial charge in [0.25, 0.3) is 0 Å². The van der Waals surface area contributed by atoms with Crippen molar-refractivity contribution in [3.63, 3.8) is 0 Å². The molecule has 2 N–H and O–H groups in total. The summed E-state index contributed by atoms with van der Waals surface area (Å²) in [7, 11) is 0. The largest absolute Gasteiger partial charge is 0.550 e. The fourth-order valence-electron chi connectivity index (χ4n) is 6.26. The van der Waals surface area contributed by atoms with E-state index in [1.54, 1.807) is 6.92 Å². The second-order valence-corrected chi connectivity index (χ2v) is 12.9. The van der Waals surface area contributed by atoms with Crippen LogP contribution in [0.3, 0.4) is 0 Å². The summed E-state index contributed by atoms with van der Waals surface area (Å²) in [6.45, 7) is 9.04. The van der Waals surface area contributed by atoms with E-state index in [1.165, 1.54) is 83.5 Å². The molecular weight excluding hydrogens is 542 g/mol. The van der Waals surface area contributed by atoms with E-state index < -0.39 is 35.7 Å². The molecule has 7 nitrogen and oxygen atoms in total. The van der Waals surface area contributed by atoms with Crippen molar-refractivity contribution in [2.75, 3.05) is 26.2 Å². The molecule has 0 aromatic rings. The van der Waals surface area contributed by atoms with Crippen molar-refractivity contribution in [3.05, 3.63) is 12.2 Å². The first-order chi connectivity index (χ1) is 20.7. The molecule has 0 bridgehead atoms. The van der Waals surface area contributed by atoms with E-state index in [9.17, 15) is 29.7 Å². The average Bonchev–Trinajstić information content (AvgIpc) is 2.98. The first-order valence-corrected chi connectivity index (χ1v) is 17.8. The molecule has 0 amide bonds. The van der Waals surface area contributed by atoms with Gasteiger partial charge in [0.05, 0.1) is 32.1 Å². The number of aliphatic carboxylic acids is 3. The van der Waals surface area contributed by atoms with Gasteiger partial charge in [0, 0.05) is 5.92 Å². The molecule has 43 heavy (non-hydrogen) atoms. The van der Waals surface area contributed by atoms with Crippen LogP contribution in [-0.4, -0.2) is 58.8 Å². The predicted molar refractivity (Wildman–Crippen MR) is 175 cm³/mol. The van der Waals surface area contributed by atoms with Crippen LogP contribution in [0.5, 0.6) is 0 Å². The number of rotatable bonds is 31. The van der Waals surface area contributed by atoms with Crippen LogP contribution in [0.1, 0.15) is 156 Å². The maximum absolute atomic E-state index is 12.0. The van der Waals surface area contributed by atoms with Gasteiger partial charge in [-0.05, 0) is 57.8 Å². The topological polar surface area (TPSA) is 115 Å². The van der Waals surface area contributed by atoms with Crippen molar-refractivity contribution < 1.29 is 34.2 Å². The van der Waals surface area contributed by atoms with E-state index >= 15 is 0 Å². The Hall–Kier alpha value is -1.89. The molecule has 0 aliphatic rings. The fraction of sp³-hybridized carbons (Fsp3) is 0.861. The summed E-state index contributed by atoms with van der Waals surface area (Å²) < 4.78 is 0.217. The molecule has 0 radical (unpaired) electrons. The Morgan fingerprint density at radius 3 is 1.26 bits per heavy atom. The first-order valence-electron chi connectivity index (χ1n) is 17.8. The highest BCUT2D eigenvalue weighted by molar-refractivity contribution is 5.70. The highest BCUT2D eigenvalue weighted by atomic mass is 16.4. The molecule has 252 valence electrons. The van der Waals surface area contributed by atoms with Crippen LogP contribution in [0.4, 0.5) is 0 Å². The van der Waals surface area contributed by atoms with E-state index in [2.05, 4.69) is 19.1 Å². The fourth-order valence-corrected chi connectivity index (χ4v) is 6.26. The Kier molecular flexibility index (Phi) is 25.3. The van der Waals surface area contributed by atoms with Gasteiger partial charge in [-0.3, -0.25) is 9.59 Å². The van der Waals surface area contributed by atoms with Gasteiger partial charge < -0.3 is 24.6 Å². The van der Waals surface area contributed by atoms with Crippen LogP contribution in [0.15, 0.2) is 12.2 Å². The number of hydrogen-bond acceptors (Lipinski definition) is 4. The maximum atomic E-state index is 12.0. The second kappa shape index (κ2) is 26.5. The van der Waals surface area contributed by atoms with Gasteiger partial charge in [-0.1, -0.05) is 110 Å². The SMILES string of the molecule is CCCCCCCCC/C=C/CCCCCCCCCC[N+](CC(CC)C(=O)[O-])(CC(CC)C(=O)O)CC(CC)C(=O)O. The van der Waals surface area contributed by atoms with Crippen LogP contribution in [0.25, 0.3) is 0 Å². The Balaban J connectivity index is 4.65. The number of carboxylic acid groups (broad SMARTS) is 3. The number of nitrogens with zero attached hydrogens (tertiary/aromatic N) is 1. The predicted octanol–water partition coefficient (Wildman–Crippen LogP) is 8.01. The normalized spacial score (nSPS) is 15.3. The van der Waals surface area contributed by atoms with E-state index in [1.807, 2.05) is 13.8 Å². The van der Waals surface area contributed by atoms with E-state index in [-0.39, 0.29) is 24.1 Å². The van der Waals surface area contributed by atoms with Gasteiger partial charge in [0.2, 0.25) is 0 Å². The zero-order chi connectivity index (χ0) is 32.3. The standard InChI is InChI=1S/C36H67NO6/c1-5-9-10-11-12-13-14-15-16-17-18-19-20-21-22-23-24-25-26-27-37(28-31(6-2)34(38)39,29-32(7-3)35(40)41)30-33(8-4)36(42)43/h16-17,31-33H,5-15,18-30H2,1-4H3,(H2-,38,39,40,41,42,43)/b17-16+. The van der Waals surface area contributed by atoms with Gasteiger partial charge in [-0.25, -0.2) is 0 Å². The molecule has 0 rings (SSSR count). The van der Waals surface area contributed by atoms with Crippen LogP contribution in [0.2, 0.25) is 0 Å². The van der Waals surface area contributed by atoms with E-state index in [4.69, 9.17) is 0 Å². The Labute approximate surface area is 264 Å². The zero-order valence-electron chi connectivity index (χ0n) is 28.3. The lowest BCUT2D eigenvalue weighted by atomic mass is 9.95. The summed E-state index contributed by atoms with van der Waals surface area (Å²) in [5.41, 5.74) is 0. The summed E-state index contributed by atoms with van der Waals surface area (Å²) in [4.78, 5) is 35.8. The lowest BCUT2D eigenvalue weighted by Gasteiger charge is -2.44. The van der Waals surface area contributed by atoms with Crippen molar-refractivity contribution in [2.45, 2.75) is 156 Å². The number of carbonyl (C=O) groups is 3. The molecule has 0 aromatic carbocycles. The van der Waals surface area contributed by atoms with Crippen molar-refractivity contribution in [1.29, 1.82) is 0 Å². The third-order valence-electron chi connectivity index (χ3n) is 9.23. The van der Waals surface area contributed by atoms with Gasteiger partial charge in [0.1, 0.15) is 11.8 Å². The van der Waals surface area contributed by atoms with Crippen LogP contribution >= 0.6 is 0 Å². The minimum atomic E-state index is -1.14. The third kappa shape index (κ3) is 20.7.